The molecule has 33 heavy (non-hydrogen) atoms. The summed E-state index contributed by atoms with van der Waals surface area (Å²) in [7, 11) is 0. The van der Waals surface area contributed by atoms with E-state index in [1.165, 1.54) is 11.1 Å². The molecule has 0 bridgehead atoms. The smallest absolute Gasteiger partial charge is 0.225 e. The minimum Gasteiger partial charge on any atom is -0.490 e. The zero-order valence-electron chi connectivity index (χ0n) is 19.2. The third-order valence-corrected chi connectivity index (χ3v) is 6.16. The van der Waals surface area contributed by atoms with Crippen molar-refractivity contribution in [3.63, 3.8) is 0 Å². The van der Waals surface area contributed by atoms with E-state index in [0.717, 1.165) is 56.5 Å². The van der Waals surface area contributed by atoms with Crippen molar-refractivity contribution in [2.45, 2.75) is 39.7 Å². The van der Waals surface area contributed by atoms with Crippen LogP contribution in [0.1, 0.15) is 37.2 Å². The highest BCUT2D eigenvalue weighted by atomic mass is 16.5. The molecule has 9 nitrogen and oxygen atoms in total. The van der Waals surface area contributed by atoms with Gasteiger partial charge < -0.3 is 15.4 Å². The van der Waals surface area contributed by atoms with E-state index in [1.54, 1.807) is 10.7 Å². The standard InChI is InChI=1S/C22H24N8O.C2H6/c23-22-26-20-17(21-25-19(27-30(21)22)18-6-3-13-31-18)14-24-29(20)12-11-28-9-7-15-4-1-2-5-16(15)8-10-28;1-2/h1-2,4-6,14H,3,7-13H2,(H2,23,26);1-2H3. The molecular formula is C24H30N8O. The van der Waals surface area contributed by atoms with Crippen molar-refractivity contribution in [3.8, 4) is 0 Å². The fraction of sp³-hybridized carbons (Fsp3) is 0.417. The van der Waals surface area contributed by atoms with Gasteiger partial charge in [0.2, 0.25) is 11.8 Å². The molecule has 2 aliphatic heterocycles. The van der Waals surface area contributed by atoms with Crippen LogP contribution in [-0.2, 0) is 24.1 Å². The van der Waals surface area contributed by atoms with E-state index in [1.807, 2.05) is 24.6 Å². The summed E-state index contributed by atoms with van der Waals surface area (Å²) in [5.74, 6) is 1.54. The Balaban J connectivity index is 0.00000111. The van der Waals surface area contributed by atoms with E-state index in [9.17, 15) is 0 Å². The van der Waals surface area contributed by atoms with E-state index in [4.69, 9.17) is 10.5 Å². The Morgan fingerprint density at radius 2 is 1.76 bits per heavy atom. The van der Waals surface area contributed by atoms with Crippen LogP contribution >= 0.6 is 0 Å². The summed E-state index contributed by atoms with van der Waals surface area (Å²) in [6.07, 6.45) is 6.84. The van der Waals surface area contributed by atoms with Gasteiger partial charge in [0.05, 0.1) is 24.7 Å². The quantitative estimate of drug-likeness (QED) is 0.514. The zero-order chi connectivity index (χ0) is 22.8. The van der Waals surface area contributed by atoms with Crippen LogP contribution in [0.3, 0.4) is 0 Å². The zero-order valence-corrected chi connectivity index (χ0v) is 19.2. The molecule has 6 rings (SSSR count). The second-order valence-electron chi connectivity index (χ2n) is 8.06. The monoisotopic (exact) mass is 446 g/mol. The van der Waals surface area contributed by atoms with Crippen LogP contribution < -0.4 is 5.73 Å². The van der Waals surface area contributed by atoms with Crippen molar-refractivity contribution >= 4 is 28.4 Å². The lowest BCUT2D eigenvalue weighted by Crippen LogP contribution is -2.30. The molecule has 0 saturated carbocycles. The molecule has 0 radical (unpaired) electrons. The van der Waals surface area contributed by atoms with Gasteiger partial charge in [-0.05, 0) is 30.0 Å². The predicted molar refractivity (Wildman–Crippen MR) is 129 cm³/mol. The van der Waals surface area contributed by atoms with E-state index in [2.05, 4.69) is 49.3 Å². The molecule has 172 valence electrons. The third kappa shape index (κ3) is 4.04. The third-order valence-electron chi connectivity index (χ3n) is 6.16. The van der Waals surface area contributed by atoms with Crippen molar-refractivity contribution < 1.29 is 4.74 Å². The number of benzene rings is 1. The van der Waals surface area contributed by atoms with Crippen molar-refractivity contribution in [2.24, 2.45) is 0 Å². The normalized spacial score (nSPS) is 16.1. The largest absolute Gasteiger partial charge is 0.490 e. The molecule has 0 fully saturated rings. The summed E-state index contributed by atoms with van der Waals surface area (Å²) in [5.41, 5.74) is 10.5. The van der Waals surface area contributed by atoms with Crippen LogP contribution in [-0.4, -0.2) is 60.5 Å². The van der Waals surface area contributed by atoms with Gasteiger partial charge in [0.15, 0.2) is 17.1 Å². The molecule has 0 amide bonds. The molecule has 0 aliphatic carbocycles. The fourth-order valence-electron chi connectivity index (χ4n) is 4.47. The first-order valence-electron chi connectivity index (χ1n) is 11.8. The van der Waals surface area contributed by atoms with Crippen LogP contribution in [0.15, 0.2) is 36.5 Å². The number of aromatic nitrogens is 6. The molecule has 0 spiro atoms. The summed E-state index contributed by atoms with van der Waals surface area (Å²) in [6, 6.07) is 8.76. The maximum atomic E-state index is 6.21. The highest BCUT2D eigenvalue weighted by molar-refractivity contribution is 5.90. The Morgan fingerprint density at radius 1 is 1.00 bits per heavy atom. The Morgan fingerprint density at radius 3 is 2.45 bits per heavy atom. The van der Waals surface area contributed by atoms with Crippen molar-refractivity contribution in [1.82, 2.24) is 34.3 Å². The molecule has 4 aromatic rings. The maximum Gasteiger partial charge on any atom is 0.225 e. The molecule has 1 aromatic carbocycles. The molecule has 0 unspecified atom stereocenters. The van der Waals surface area contributed by atoms with Gasteiger partial charge in [0.1, 0.15) is 0 Å². The van der Waals surface area contributed by atoms with Crippen LogP contribution in [0, 0.1) is 0 Å². The Bertz CT molecular complexity index is 1280. The average molecular weight is 447 g/mol. The maximum absolute atomic E-state index is 6.21. The first kappa shape index (κ1) is 21.4. The highest BCUT2D eigenvalue weighted by Gasteiger charge is 2.20. The minimum atomic E-state index is 0.298. The lowest BCUT2D eigenvalue weighted by atomic mass is 10.0. The van der Waals surface area contributed by atoms with Gasteiger partial charge >= 0.3 is 0 Å². The fourth-order valence-corrected chi connectivity index (χ4v) is 4.47. The number of rotatable bonds is 4. The summed E-state index contributed by atoms with van der Waals surface area (Å²) in [5, 5.41) is 9.91. The SMILES string of the molecule is CC.Nc1nc2c(cnn2CCN2CCc3ccccc3CC2)c2nc(C3=CCCO3)nn12. The van der Waals surface area contributed by atoms with Crippen LogP contribution in [0.4, 0.5) is 5.95 Å². The number of fused-ring (bicyclic) bond motifs is 4. The van der Waals surface area contributed by atoms with Crippen LogP contribution in [0.25, 0.3) is 22.4 Å². The topological polar surface area (TPSA) is 99.4 Å². The van der Waals surface area contributed by atoms with Crippen molar-refractivity contribution in [1.29, 1.82) is 0 Å². The number of anilines is 1. The number of ether oxygens (including phenoxy) is 1. The molecule has 2 aliphatic rings. The van der Waals surface area contributed by atoms with Gasteiger partial charge in [0.25, 0.3) is 0 Å². The molecule has 2 N–H and O–H groups in total. The molecule has 3 aromatic heterocycles. The lowest BCUT2D eigenvalue weighted by Gasteiger charge is -2.19. The van der Waals surface area contributed by atoms with Gasteiger partial charge in [-0.25, -0.2) is 9.67 Å². The highest BCUT2D eigenvalue weighted by Crippen LogP contribution is 2.24. The first-order valence-corrected chi connectivity index (χ1v) is 11.8. The molecule has 0 atom stereocenters. The van der Waals surface area contributed by atoms with Crippen molar-refractivity contribution in [3.05, 3.63) is 53.5 Å². The van der Waals surface area contributed by atoms with Gasteiger partial charge in [-0.15, -0.1) is 5.10 Å². The summed E-state index contributed by atoms with van der Waals surface area (Å²) in [4.78, 5) is 11.7. The Hall–Kier alpha value is -3.46. The molecule has 0 saturated heterocycles. The van der Waals surface area contributed by atoms with Gasteiger partial charge in [-0.3, -0.25) is 0 Å². The van der Waals surface area contributed by atoms with Crippen LogP contribution in [0.5, 0.6) is 0 Å². The Labute approximate surface area is 192 Å². The first-order chi connectivity index (χ1) is 16.3. The molecule has 9 heteroatoms. The second-order valence-corrected chi connectivity index (χ2v) is 8.06. The van der Waals surface area contributed by atoms with E-state index in [0.29, 0.717) is 29.8 Å². The van der Waals surface area contributed by atoms with E-state index < -0.39 is 0 Å². The molecular weight excluding hydrogens is 416 g/mol. The Kier molecular flexibility index (Phi) is 5.95. The summed E-state index contributed by atoms with van der Waals surface area (Å²) in [6.45, 7) is 8.43. The summed E-state index contributed by atoms with van der Waals surface area (Å²) < 4.78 is 9.09. The second kappa shape index (κ2) is 9.19. The van der Waals surface area contributed by atoms with Gasteiger partial charge in [0, 0.05) is 26.1 Å². The number of hydrogen-bond acceptors (Lipinski definition) is 7. The average Bonchev–Trinajstić information content (AvgIpc) is 3.58. The molecule has 5 heterocycles. The van der Waals surface area contributed by atoms with Gasteiger partial charge in [-0.1, -0.05) is 38.1 Å². The minimum absolute atomic E-state index is 0.298. The summed E-state index contributed by atoms with van der Waals surface area (Å²) >= 11 is 0. The number of hydrogen-bond donors (Lipinski definition) is 1. The van der Waals surface area contributed by atoms with Crippen molar-refractivity contribution in [2.75, 3.05) is 32.0 Å². The van der Waals surface area contributed by atoms with Gasteiger partial charge in [-0.2, -0.15) is 14.6 Å². The lowest BCUT2D eigenvalue weighted by molar-refractivity contribution is 0.272. The number of nitrogens with zero attached hydrogens (tertiary/aromatic N) is 7. The predicted octanol–water partition coefficient (Wildman–Crippen LogP) is 2.94. The number of nitrogen functional groups attached to an aromatic ring is 1. The van der Waals surface area contributed by atoms with E-state index >= 15 is 0 Å². The van der Waals surface area contributed by atoms with E-state index in [-0.39, 0.29) is 0 Å². The van der Waals surface area contributed by atoms with Crippen LogP contribution in [0.2, 0.25) is 0 Å². The number of nitrogens with two attached hydrogens (primary N) is 1.